The summed E-state index contributed by atoms with van der Waals surface area (Å²) in [6, 6.07) is 7.75. The number of piperidine rings is 1. The van der Waals surface area contributed by atoms with E-state index in [-0.39, 0.29) is 6.04 Å². The number of hydrogen-bond acceptors (Lipinski definition) is 2. The van der Waals surface area contributed by atoms with Crippen molar-refractivity contribution in [1.29, 1.82) is 0 Å². The number of anilines is 1. The summed E-state index contributed by atoms with van der Waals surface area (Å²) in [5.74, 6) is -0.959. The number of carbonyl (C=O) groups excluding carboxylic acids is 2. The number of carbonyl (C=O) groups is 2. The molecule has 0 bridgehead atoms. The maximum absolute atomic E-state index is 12.1. The minimum absolute atomic E-state index is 0.157. The Balaban J connectivity index is 1.97. The number of rotatable bonds is 2. The molecule has 0 aromatic heterocycles. The van der Waals surface area contributed by atoms with Crippen LogP contribution in [0.25, 0.3) is 0 Å². The molecule has 0 aliphatic carbocycles. The van der Waals surface area contributed by atoms with Crippen LogP contribution >= 0.6 is 0 Å². The second-order valence-corrected chi connectivity index (χ2v) is 5.35. The zero-order valence-electron chi connectivity index (χ0n) is 12.2. The molecule has 1 fully saturated rings. The summed E-state index contributed by atoms with van der Waals surface area (Å²) in [5, 5.41) is 2.68. The van der Waals surface area contributed by atoms with E-state index in [0.717, 1.165) is 25.7 Å². The summed E-state index contributed by atoms with van der Waals surface area (Å²) in [6.45, 7) is 4.76. The van der Waals surface area contributed by atoms with Gasteiger partial charge in [0.05, 0.1) is 0 Å². The standard InChI is InChI=1S/C16H22N2O2/c1-3-13-7-9-14(10-8-13)17-15(19)16(20)18-11-5-4-6-12(18)2/h7-10,12H,3-6,11H2,1-2H3,(H,17,19). The van der Waals surface area contributed by atoms with E-state index in [9.17, 15) is 9.59 Å². The normalized spacial score (nSPS) is 18.7. The molecule has 1 saturated heterocycles. The van der Waals surface area contributed by atoms with Crippen LogP contribution in [0.3, 0.4) is 0 Å². The van der Waals surface area contributed by atoms with Crippen LogP contribution in [-0.4, -0.2) is 29.3 Å². The van der Waals surface area contributed by atoms with Crippen LogP contribution in [0.1, 0.15) is 38.7 Å². The Morgan fingerprint density at radius 1 is 1.25 bits per heavy atom. The van der Waals surface area contributed by atoms with Crippen molar-refractivity contribution >= 4 is 17.5 Å². The van der Waals surface area contributed by atoms with Gasteiger partial charge in [-0.1, -0.05) is 19.1 Å². The van der Waals surface area contributed by atoms with Crippen LogP contribution < -0.4 is 5.32 Å². The Kier molecular flexibility index (Phi) is 4.77. The SMILES string of the molecule is CCc1ccc(NC(=O)C(=O)N2CCCCC2C)cc1. The Hall–Kier alpha value is -1.84. The topological polar surface area (TPSA) is 49.4 Å². The van der Waals surface area contributed by atoms with Gasteiger partial charge in [0, 0.05) is 18.3 Å². The van der Waals surface area contributed by atoms with Crippen molar-refractivity contribution in [3.63, 3.8) is 0 Å². The molecule has 4 heteroatoms. The molecule has 1 heterocycles. The molecule has 1 aliphatic heterocycles. The Bertz CT molecular complexity index is 482. The molecule has 0 radical (unpaired) electrons. The van der Waals surface area contributed by atoms with Crippen molar-refractivity contribution in [3.05, 3.63) is 29.8 Å². The van der Waals surface area contributed by atoms with Crippen molar-refractivity contribution in [3.8, 4) is 0 Å². The number of benzene rings is 1. The molecular weight excluding hydrogens is 252 g/mol. The fourth-order valence-electron chi connectivity index (χ4n) is 2.54. The van der Waals surface area contributed by atoms with E-state index in [1.807, 2.05) is 31.2 Å². The van der Waals surface area contributed by atoms with Gasteiger partial charge in [-0.25, -0.2) is 0 Å². The summed E-state index contributed by atoms with van der Waals surface area (Å²) >= 11 is 0. The van der Waals surface area contributed by atoms with E-state index in [0.29, 0.717) is 12.2 Å². The molecule has 2 amide bonds. The summed E-state index contributed by atoms with van der Waals surface area (Å²) < 4.78 is 0. The zero-order chi connectivity index (χ0) is 14.5. The average molecular weight is 274 g/mol. The highest BCUT2D eigenvalue weighted by Crippen LogP contribution is 2.17. The smallest absolute Gasteiger partial charge is 0.313 e. The summed E-state index contributed by atoms with van der Waals surface area (Å²) in [6.07, 6.45) is 4.04. The first-order valence-electron chi connectivity index (χ1n) is 7.32. The molecule has 0 saturated carbocycles. The van der Waals surface area contributed by atoms with Gasteiger partial charge in [-0.15, -0.1) is 0 Å². The minimum atomic E-state index is -0.539. The van der Waals surface area contributed by atoms with Gasteiger partial charge in [0.15, 0.2) is 0 Å². The Morgan fingerprint density at radius 3 is 2.55 bits per heavy atom. The second-order valence-electron chi connectivity index (χ2n) is 5.35. The lowest BCUT2D eigenvalue weighted by Crippen LogP contribution is -2.47. The number of nitrogens with one attached hydrogen (secondary N) is 1. The van der Waals surface area contributed by atoms with Crippen molar-refractivity contribution < 1.29 is 9.59 Å². The van der Waals surface area contributed by atoms with Crippen LogP contribution in [-0.2, 0) is 16.0 Å². The largest absolute Gasteiger partial charge is 0.332 e. The molecule has 1 aromatic carbocycles. The maximum atomic E-state index is 12.1. The van der Waals surface area contributed by atoms with E-state index in [4.69, 9.17) is 0 Å². The van der Waals surface area contributed by atoms with Gasteiger partial charge in [0.2, 0.25) is 0 Å². The van der Waals surface area contributed by atoms with E-state index in [2.05, 4.69) is 12.2 Å². The molecule has 1 aromatic rings. The molecular formula is C16H22N2O2. The van der Waals surface area contributed by atoms with Crippen LogP contribution in [0.4, 0.5) is 5.69 Å². The lowest BCUT2D eigenvalue weighted by Gasteiger charge is -2.32. The molecule has 0 spiro atoms. The van der Waals surface area contributed by atoms with Crippen LogP contribution in [0.15, 0.2) is 24.3 Å². The van der Waals surface area contributed by atoms with Gasteiger partial charge in [0.1, 0.15) is 0 Å². The zero-order valence-corrected chi connectivity index (χ0v) is 12.2. The maximum Gasteiger partial charge on any atom is 0.313 e. The van der Waals surface area contributed by atoms with Gasteiger partial charge in [-0.3, -0.25) is 9.59 Å². The summed E-state index contributed by atoms with van der Waals surface area (Å²) in [5.41, 5.74) is 1.88. The monoisotopic (exact) mass is 274 g/mol. The first-order chi connectivity index (χ1) is 9.61. The minimum Gasteiger partial charge on any atom is -0.332 e. The van der Waals surface area contributed by atoms with Crippen molar-refractivity contribution in [2.75, 3.05) is 11.9 Å². The molecule has 2 rings (SSSR count). The molecule has 1 N–H and O–H groups in total. The lowest BCUT2D eigenvalue weighted by molar-refractivity contribution is -0.145. The molecule has 1 unspecified atom stereocenters. The highest BCUT2D eigenvalue weighted by atomic mass is 16.2. The quantitative estimate of drug-likeness (QED) is 0.843. The van der Waals surface area contributed by atoms with Crippen molar-refractivity contribution in [2.24, 2.45) is 0 Å². The molecule has 108 valence electrons. The molecule has 4 nitrogen and oxygen atoms in total. The lowest BCUT2D eigenvalue weighted by atomic mass is 10.0. The van der Waals surface area contributed by atoms with Crippen molar-refractivity contribution in [1.82, 2.24) is 4.90 Å². The number of nitrogens with zero attached hydrogens (tertiary/aromatic N) is 1. The third kappa shape index (κ3) is 3.38. The van der Waals surface area contributed by atoms with Gasteiger partial charge in [-0.05, 0) is 50.3 Å². The van der Waals surface area contributed by atoms with Crippen LogP contribution in [0, 0.1) is 0 Å². The number of hydrogen-bond donors (Lipinski definition) is 1. The number of likely N-dealkylation sites (tertiary alicyclic amines) is 1. The van der Waals surface area contributed by atoms with Gasteiger partial charge < -0.3 is 10.2 Å². The predicted octanol–water partition coefficient (Wildman–Crippen LogP) is 2.59. The van der Waals surface area contributed by atoms with Gasteiger partial charge in [0.25, 0.3) is 0 Å². The molecule has 1 atom stereocenters. The van der Waals surface area contributed by atoms with Crippen molar-refractivity contribution in [2.45, 2.75) is 45.6 Å². The van der Waals surface area contributed by atoms with Crippen LogP contribution in [0.5, 0.6) is 0 Å². The number of amides is 2. The van der Waals surface area contributed by atoms with Crippen LogP contribution in [0.2, 0.25) is 0 Å². The fraction of sp³-hybridized carbons (Fsp3) is 0.500. The highest BCUT2D eigenvalue weighted by molar-refractivity contribution is 6.39. The Morgan fingerprint density at radius 2 is 1.95 bits per heavy atom. The fourth-order valence-corrected chi connectivity index (χ4v) is 2.54. The Labute approximate surface area is 120 Å². The first kappa shape index (κ1) is 14.6. The summed E-state index contributed by atoms with van der Waals surface area (Å²) in [4.78, 5) is 25.8. The molecule has 1 aliphatic rings. The predicted molar refractivity (Wildman–Crippen MR) is 79.5 cm³/mol. The van der Waals surface area contributed by atoms with E-state index in [1.54, 1.807) is 4.90 Å². The van der Waals surface area contributed by atoms with E-state index in [1.165, 1.54) is 5.56 Å². The first-order valence-corrected chi connectivity index (χ1v) is 7.32. The van der Waals surface area contributed by atoms with Gasteiger partial charge >= 0.3 is 11.8 Å². The molecule has 20 heavy (non-hydrogen) atoms. The third-order valence-corrected chi connectivity index (χ3v) is 3.88. The van der Waals surface area contributed by atoms with E-state index < -0.39 is 11.8 Å². The second kappa shape index (κ2) is 6.55. The van der Waals surface area contributed by atoms with E-state index >= 15 is 0 Å². The highest BCUT2D eigenvalue weighted by Gasteiger charge is 2.27. The number of aryl methyl sites for hydroxylation is 1. The third-order valence-electron chi connectivity index (χ3n) is 3.88. The van der Waals surface area contributed by atoms with Gasteiger partial charge in [-0.2, -0.15) is 0 Å². The average Bonchev–Trinajstić information content (AvgIpc) is 2.48. The summed E-state index contributed by atoms with van der Waals surface area (Å²) in [7, 11) is 0.